The van der Waals surface area contributed by atoms with Gasteiger partial charge in [-0.25, -0.2) is 0 Å². The number of benzene rings is 1. The molecule has 0 heterocycles. The molecule has 0 aliphatic carbocycles. The Morgan fingerprint density at radius 2 is 1.15 bits per heavy atom. The summed E-state index contributed by atoms with van der Waals surface area (Å²) in [6, 6.07) is 4.12. The topological polar surface area (TPSA) is 0 Å². The van der Waals surface area contributed by atoms with Gasteiger partial charge in [-0.15, -0.1) is 13.2 Å². The average molecular weight is 262 g/mol. The van der Waals surface area contributed by atoms with E-state index in [-0.39, 0.29) is 0 Å². The van der Waals surface area contributed by atoms with Crippen molar-refractivity contribution >= 4 is 26.6 Å². The number of allylic oxidation sites excluding steroid dienone is 2. The summed E-state index contributed by atoms with van der Waals surface area (Å²) in [4.78, 5) is 0. The summed E-state index contributed by atoms with van der Waals surface area (Å²) in [5.41, 5.74) is 4.14. The lowest BCUT2D eigenvalue weighted by molar-refractivity contribution is 0.745. The predicted molar refractivity (Wildman–Crippen MR) is 92.7 cm³/mol. The van der Waals surface area contributed by atoms with Crippen LogP contribution < -0.4 is 10.9 Å². The molecule has 1 aromatic carbocycles. The summed E-state index contributed by atoms with van der Waals surface area (Å²) in [5.74, 6) is 0. The lowest BCUT2D eigenvalue weighted by atomic mass is 9.79. The van der Waals surface area contributed by atoms with E-state index < -0.39 is 0 Å². The Balaban J connectivity index is 2.56. The molecule has 2 heteroatoms. The molecule has 0 bridgehead atoms. The fraction of sp³-hybridized carbons (Fsp3) is 0.444. The van der Waals surface area contributed by atoms with Gasteiger partial charge in [0, 0.05) is 0 Å². The first kappa shape index (κ1) is 16.9. The molecule has 0 aromatic heterocycles. The van der Waals surface area contributed by atoms with Crippen LogP contribution in [0.15, 0.2) is 37.4 Å². The molecule has 0 aliphatic rings. The van der Waals surface area contributed by atoms with Gasteiger partial charge in [0.1, 0.15) is 15.7 Å². The molecule has 1 rings (SSSR count). The molecule has 0 fully saturated rings. The molecule has 102 valence electrons. The van der Waals surface area contributed by atoms with Gasteiger partial charge < -0.3 is 0 Å². The van der Waals surface area contributed by atoms with Gasteiger partial charge in [-0.2, -0.15) is 0 Å². The van der Waals surface area contributed by atoms with E-state index in [0.717, 1.165) is 62.3 Å². The zero-order valence-corrected chi connectivity index (χ0v) is 12.5. The second-order valence-electron chi connectivity index (χ2n) is 5.32. The standard InChI is InChI=1S/C18H24B2/c1-3-5-7-9-11-15-13-18(20)16(14-17(15)19)12-10-8-6-4-2/h3-4,13-14H,1-2,5-12H2. The fourth-order valence-corrected chi connectivity index (χ4v) is 2.37. The van der Waals surface area contributed by atoms with E-state index in [1.807, 2.05) is 12.2 Å². The average Bonchev–Trinajstić information content (AvgIpc) is 2.44. The Morgan fingerprint density at radius 3 is 1.50 bits per heavy atom. The van der Waals surface area contributed by atoms with Crippen molar-refractivity contribution in [1.29, 1.82) is 0 Å². The molecule has 0 unspecified atom stereocenters. The number of aryl methyl sites for hydroxylation is 2. The normalized spacial score (nSPS) is 10.4. The molecule has 0 atom stereocenters. The summed E-state index contributed by atoms with van der Waals surface area (Å²) < 4.78 is 0. The highest BCUT2D eigenvalue weighted by atomic mass is 14.1. The molecular weight excluding hydrogens is 238 g/mol. The summed E-state index contributed by atoms with van der Waals surface area (Å²) in [7, 11) is 12.3. The van der Waals surface area contributed by atoms with Crippen LogP contribution in [0.1, 0.15) is 49.7 Å². The molecule has 0 nitrogen and oxygen atoms in total. The highest BCUT2D eigenvalue weighted by molar-refractivity contribution is 6.37. The maximum Gasteiger partial charge on any atom is 0.114 e. The van der Waals surface area contributed by atoms with Crippen molar-refractivity contribution < 1.29 is 0 Å². The van der Waals surface area contributed by atoms with E-state index in [1.54, 1.807) is 0 Å². The van der Waals surface area contributed by atoms with Gasteiger partial charge in [0.25, 0.3) is 0 Å². The Kier molecular flexibility index (Phi) is 8.18. The predicted octanol–water partition coefficient (Wildman–Crippen LogP) is 3.07. The van der Waals surface area contributed by atoms with Crippen molar-refractivity contribution in [3.05, 3.63) is 48.6 Å². The van der Waals surface area contributed by atoms with Crippen LogP contribution in [0, 0.1) is 0 Å². The van der Waals surface area contributed by atoms with Gasteiger partial charge >= 0.3 is 0 Å². The largest absolute Gasteiger partial charge is 0.114 e. The van der Waals surface area contributed by atoms with Crippen LogP contribution in [-0.2, 0) is 12.8 Å². The van der Waals surface area contributed by atoms with Crippen molar-refractivity contribution in [2.24, 2.45) is 0 Å². The highest BCUT2D eigenvalue weighted by Crippen LogP contribution is 2.08. The summed E-state index contributed by atoms with van der Waals surface area (Å²) in [5, 5.41) is 0. The van der Waals surface area contributed by atoms with Crippen molar-refractivity contribution in [3.8, 4) is 0 Å². The molecule has 0 aliphatic heterocycles. The van der Waals surface area contributed by atoms with Gasteiger partial charge in [0.15, 0.2) is 0 Å². The molecule has 0 spiro atoms. The van der Waals surface area contributed by atoms with Crippen molar-refractivity contribution in [3.63, 3.8) is 0 Å². The van der Waals surface area contributed by atoms with Crippen molar-refractivity contribution in [2.75, 3.05) is 0 Å². The minimum absolute atomic E-state index is 0.886. The highest BCUT2D eigenvalue weighted by Gasteiger charge is 2.04. The molecule has 0 saturated heterocycles. The van der Waals surface area contributed by atoms with Crippen LogP contribution in [0.2, 0.25) is 0 Å². The van der Waals surface area contributed by atoms with E-state index in [2.05, 4.69) is 25.3 Å². The van der Waals surface area contributed by atoms with E-state index in [4.69, 9.17) is 15.7 Å². The molecule has 4 radical (unpaired) electrons. The van der Waals surface area contributed by atoms with Crippen molar-refractivity contribution in [2.45, 2.75) is 51.4 Å². The van der Waals surface area contributed by atoms with Crippen LogP contribution in [0.4, 0.5) is 0 Å². The Labute approximate surface area is 127 Å². The maximum absolute atomic E-state index is 6.14. The third kappa shape index (κ3) is 5.86. The molecule has 0 saturated carbocycles. The zero-order valence-electron chi connectivity index (χ0n) is 12.5. The van der Waals surface area contributed by atoms with Gasteiger partial charge in [-0.05, 0) is 51.4 Å². The van der Waals surface area contributed by atoms with Gasteiger partial charge in [0.05, 0.1) is 0 Å². The van der Waals surface area contributed by atoms with Gasteiger partial charge in [-0.1, -0.05) is 46.3 Å². The van der Waals surface area contributed by atoms with Gasteiger partial charge in [-0.3, -0.25) is 0 Å². The third-order valence-electron chi connectivity index (χ3n) is 3.61. The van der Waals surface area contributed by atoms with Crippen LogP contribution in [0.25, 0.3) is 0 Å². The summed E-state index contributed by atoms with van der Waals surface area (Å²) in [6.07, 6.45) is 12.6. The number of unbranched alkanes of at least 4 members (excludes halogenated alkanes) is 4. The third-order valence-corrected chi connectivity index (χ3v) is 3.61. The molecular formula is C18H24B2. The lowest BCUT2D eigenvalue weighted by Gasteiger charge is -2.13. The minimum atomic E-state index is 0.886. The van der Waals surface area contributed by atoms with Crippen LogP contribution in [-0.4, -0.2) is 15.7 Å². The van der Waals surface area contributed by atoms with Gasteiger partial charge in [0.2, 0.25) is 0 Å². The first-order chi connectivity index (χ1) is 9.69. The quantitative estimate of drug-likeness (QED) is 0.345. The van der Waals surface area contributed by atoms with E-state index >= 15 is 0 Å². The lowest BCUT2D eigenvalue weighted by Crippen LogP contribution is -2.21. The van der Waals surface area contributed by atoms with Crippen LogP contribution in [0.5, 0.6) is 0 Å². The number of rotatable bonds is 10. The number of hydrogen-bond acceptors (Lipinski definition) is 0. The van der Waals surface area contributed by atoms with Crippen LogP contribution >= 0.6 is 0 Å². The first-order valence-corrected chi connectivity index (χ1v) is 7.57. The Bertz CT molecular complexity index is 394. The van der Waals surface area contributed by atoms with Crippen LogP contribution in [0.3, 0.4) is 0 Å². The van der Waals surface area contributed by atoms with E-state index in [0.29, 0.717) is 0 Å². The van der Waals surface area contributed by atoms with E-state index in [1.165, 1.54) is 11.1 Å². The monoisotopic (exact) mass is 262 g/mol. The van der Waals surface area contributed by atoms with Crippen molar-refractivity contribution in [1.82, 2.24) is 0 Å². The zero-order chi connectivity index (χ0) is 14.8. The molecule has 1 aromatic rings. The van der Waals surface area contributed by atoms with E-state index in [9.17, 15) is 0 Å². The second-order valence-corrected chi connectivity index (χ2v) is 5.32. The minimum Gasteiger partial charge on any atom is -0.103 e. The molecule has 0 amide bonds. The summed E-state index contributed by atoms with van der Waals surface area (Å²) >= 11 is 0. The molecule has 0 N–H and O–H groups in total. The second kappa shape index (κ2) is 9.69. The summed E-state index contributed by atoms with van der Waals surface area (Å²) in [6.45, 7) is 7.48. The SMILES string of the molecule is [B]c1cc(CCCCC=C)c([B])cc1CCCCC=C. The number of hydrogen-bond donors (Lipinski definition) is 0. The Hall–Kier alpha value is -1.17. The first-order valence-electron chi connectivity index (χ1n) is 7.57. The maximum atomic E-state index is 6.14. The molecule has 20 heavy (non-hydrogen) atoms. The fourth-order valence-electron chi connectivity index (χ4n) is 2.37. The smallest absolute Gasteiger partial charge is 0.103 e. The Morgan fingerprint density at radius 1 is 0.750 bits per heavy atom.